The minimum Gasteiger partial charge on any atom is -0.343 e. The Hall–Kier alpha value is -0.570. The molecule has 2 rings (SSSR count). The van der Waals surface area contributed by atoms with E-state index in [9.17, 15) is 4.79 Å². The second kappa shape index (κ2) is 7.13. The van der Waals surface area contributed by atoms with Crippen LogP contribution in [-0.2, 0) is 4.79 Å². The summed E-state index contributed by atoms with van der Waals surface area (Å²) in [7, 11) is 0. The van der Waals surface area contributed by atoms with E-state index in [4.69, 9.17) is 0 Å². The first-order chi connectivity index (χ1) is 8.79. The molecular formula is C15H28N2O. The van der Waals surface area contributed by atoms with Crippen molar-refractivity contribution in [1.82, 2.24) is 10.2 Å². The number of rotatable bonds is 5. The molecule has 2 unspecified atom stereocenters. The Bertz CT molecular complexity index is 261. The molecule has 1 saturated heterocycles. The van der Waals surface area contributed by atoms with Crippen molar-refractivity contribution in [3.63, 3.8) is 0 Å². The molecule has 3 nitrogen and oxygen atoms in total. The maximum absolute atomic E-state index is 12.0. The third kappa shape index (κ3) is 3.98. The molecule has 18 heavy (non-hydrogen) atoms. The Morgan fingerprint density at radius 3 is 2.67 bits per heavy atom. The van der Waals surface area contributed by atoms with Crippen molar-refractivity contribution in [1.29, 1.82) is 0 Å². The summed E-state index contributed by atoms with van der Waals surface area (Å²) in [6, 6.07) is 0.670. The number of nitrogens with zero attached hydrogens (tertiary/aromatic N) is 1. The standard InChI is InChI=1S/C15H28N2O/c1-2-13-6-7-14(12-13)16-9-8-15(18)17-10-4-3-5-11-17/h13-14,16H,2-12H2,1H3. The van der Waals surface area contributed by atoms with Crippen LogP contribution in [0.25, 0.3) is 0 Å². The van der Waals surface area contributed by atoms with Gasteiger partial charge in [-0.05, 0) is 44.4 Å². The van der Waals surface area contributed by atoms with Gasteiger partial charge in [-0.15, -0.1) is 0 Å². The van der Waals surface area contributed by atoms with Gasteiger partial charge < -0.3 is 10.2 Å². The van der Waals surface area contributed by atoms with Crippen LogP contribution in [-0.4, -0.2) is 36.5 Å². The van der Waals surface area contributed by atoms with E-state index in [1.54, 1.807) is 0 Å². The van der Waals surface area contributed by atoms with Crippen LogP contribution in [0.15, 0.2) is 0 Å². The monoisotopic (exact) mass is 252 g/mol. The summed E-state index contributed by atoms with van der Waals surface area (Å²) in [5.41, 5.74) is 0. The highest BCUT2D eigenvalue weighted by Gasteiger charge is 2.23. The summed E-state index contributed by atoms with van der Waals surface area (Å²) < 4.78 is 0. The Labute approximate surface area is 111 Å². The van der Waals surface area contributed by atoms with Crippen molar-refractivity contribution in [2.45, 2.75) is 64.3 Å². The van der Waals surface area contributed by atoms with Crippen molar-refractivity contribution in [2.24, 2.45) is 5.92 Å². The second-order valence-corrected chi connectivity index (χ2v) is 5.93. The van der Waals surface area contributed by atoms with Gasteiger partial charge in [-0.3, -0.25) is 4.79 Å². The molecule has 0 aromatic carbocycles. The van der Waals surface area contributed by atoms with Gasteiger partial charge in [0.2, 0.25) is 5.91 Å². The molecule has 3 heteroatoms. The lowest BCUT2D eigenvalue weighted by molar-refractivity contribution is -0.132. The maximum atomic E-state index is 12.0. The number of amides is 1. The van der Waals surface area contributed by atoms with Crippen molar-refractivity contribution < 1.29 is 4.79 Å². The van der Waals surface area contributed by atoms with E-state index in [0.29, 0.717) is 18.4 Å². The highest BCUT2D eigenvalue weighted by Crippen LogP contribution is 2.27. The second-order valence-electron chi connectivity index (χ2n) is 5.93. The van der Waals surface area contributed by atoms with Crippen LogP contribution in [0, 0.1) is 5.92 Å². The number of carbonyl (C=O) groups excluding carboxylic acids is 1. The van der Waals surface area contributed by atoms with Gasteiger partial charge in [0, 0.05) is 32.1 Å². The van der Waals surface area contributed by atoms with Gasteiger partial charge in [-0.2, -0.15) is 0 Å². The molecule has 1 N–H and O–H groups in total. The maximum Gasteiger partial charge on any atom is 0.223 e. The van der Waals surface area contributed by atoms with Crippen LogP contribution in [0.3, 0.4) is 0 Å². The van der Waals surface area contributed by atoms with Gasteiger partial charge in [-0.1, -0.05) is 13.3 Å². The SMILES string of the molecule is CCC1CCC(NCCC(=O)N2CCCCC2)C1. The number of likely N-dealkylation sites (tertiary alicyclic amines) is 1. The van der Waals surface area contributed by atoms with Gasteiger partial charge >= 0.3 is 0 Å². The molecule has 104 valence electrons. The van der Waals surface area contributed by atoms with E-state index in [-0.39, 0.29) is 0 Å². The molecule has 0 aromatic heterocycles. The number of piperidine rings is 1. The van der Waals surface area contributed by atoms with Crippen LogP contribution in [0.5, 0.6) is 0 Å². The summed E-state index contributed by atoms with van der Waals surface area (Å²) >= 11 is 0. The van der Waals surface area contributed by atoms with Gasteiger partial charge in [0.25, 0.3) is 0 Å². The molecule has 1 heterocycles. The highest BCUT2D eigenvalue weighted by atomic mass is 16.2. The zero-order valence-electron chi connectivity index (χ0n) is 11.8. The van der Waals surface area contributed by atoms with Crippen molar-refractivity contribution in [3.05, 3.63) is 0 Å². The Balaban J connectivity index is 1.58. The lowest BCUT2D eigenvalue weighted by Gasteiger charge is -2.27. The number of nitrogens with one attached hydrogen (secondary N) is 1. The number of carbonyl (C=O) groups is 1. The van der Waals surface area contributed by atoms with Crippen molar-refractivity contribution in [3.8, 4) is 0 Å². The van der Waals surface area contributed by atoms with Gasteiger partial charge in [0.1, 0.15) is 0 Å². The fraction of sp³-hybridized carbons (Fsp3) is 0.933. The first kappa shape index (κ1) is 13.9. The van der Waals surface area contributed by atoms with Crippen LogP contribution in [0.1, 0.15) is 58.3 Å². The van der Waals surface area contributed by atoms with Crippen molar-refractivity contribution >= 4 is 5.91 Å². The van der Waals surface area contributed by atoms with Gasteiger partial charge in [-0.25, -0.2) is 0 Å². The predicted octanol–water partition coefficient (Wildman–Crippen LogP) is 2.56. The normalized spacial score (nSPS) is 28.6. The van der Waals surface area contributed by atoms with Gasteiger partial charge in [0.05, 0.1) is 0 Å². The molecule has 0 aromatic rings. The van der Waals surface area contributed by atoms with E-state index in [0.717, 1.165) is 25.6 Å². The van der Waals surface area contributed by atoms with Gasteiger partial charge in [0.15, 0.2) is 0 Å². The molecule has 2 atom stereocenters. The fourth-order valence-corrected chi connectivity index (χ4v) is 3.32. The summed E-state index contributed by atoms with van der Waals surface area (Å²) in [5, 5.41) is 3.57. The lowest BCUT2D eigenvalue weighted by atomic mass is 10.1. The molecule has 1 amide bonds. The fourth-order valence-electron chi connectivity index (χ4n) is 3.32. The minimum absolute atomic E-state index is 0.354. The molecule has 0 bridgehead atoms. The number of hydrogen-bond donors (Lipinski definition) is 1. The molecular weight excluding hydrogens is 224 g/mol. The van der Waals surface area contributed by atoms with Crippen LogP contribution >= 0.6 is 0 Å². The van der Waals surface area contributed by atoms with E-state index in [1.807, 2.05) is 0 Å². The predicted molar refractivity (Wildman–Crippen MR) is 74.5 cm³/mol. The van der Waals surface area contributed by atoms with E-state index in [2.05, 4.69) is 17.1 Å². The van der Waals surface area contributed by atoms with Crippen LogP contribution < -0.4 is 5.32 Å². The summed E-state index contributed by atoms with van der Waals surface area (Å²) in [6.45, 7) is 5.13. The Morgan fingerprint density at radius 1 is 1.22 bits per heavy atom. The Kier molecular flexibility index (Phi) is 5.48. The summed E-state index contributed by atoms with van der Waals surface area (Å²) in [5.74, 6) is 1.27. The smallest absolute Gasteiger partial charge is 0.223 e. The van der Waals surface area contributed by atoms with E-state index in [1.165, 1.54) is 44.9 Å². The highest BCUT2D eigenvalue weighted by molar-refractivity contribution is 5.76. The largest absolute Gasteiger partial charge is 0.343 e. The molecule has 0 radical (unpaired) electrons. The zero-order chi connectivity index (χ0) is 12.8. The summed E-state index contributed by atoms with van der Waals surface area (Å²) in [6.07, 6.45) is 9.67. The minimum atomic E-state index is 0.354. The van der Waals surface area contributed by atoms with Crippen molar-refractivity contribution in [2.75, 3.05) is 19.6 Å². The Morgan fingerprint density at radius 2 is 2.00 bits per heavy atom. The zero-order valence-corrected chi connectivity index (χ0v) is 11.8. The molecule has 1 saturated carbocycles. The average Bonchev–Trinajstić information content (AvgIpc) is 2.87. The quantitative estimate of drug-likeness (QED) is 0.815. The lowest BCUT2D eigenvalue weighted by Crippen LogP contribution is -2.38. The van der Waals surface area contributed by atoms with E-state index < -0.39 is 0 Å². The van der Waals surface area contributed by atoms with E-state index >= 15 is 0 Å². The average molecular weight is 252 g/mol. The molecule has 1 aliphatic carbocycles. The topological polar surface area (TPSA) is 32.3 Å². The van der Waals surface area contributed by atoms with Crippen LogP contribution in [0.4, 0.5) is 0 Å². The third-order valence-corrected chi connectivity index (χ3v) is 4.60. The number of hydrogen-bond acceptors (Lipinski definition) is 2. The van der Waals surface area contributed by atoms with Crippen LogP contribution in [0.2, 0.25) is 0 Å². The molecule has 1 aliphatic heterocycles. The molecule has 2 fully saturated rings. The molecule has 2 aliphatic rings. The third-order valence-electron chi connectivity index (χ3n) is 4.60. The molecule has 0 spiro atoms. The summed E-state index contributed by atoms with van der Waals surface area (Å²) in [4.78, 5) is 14.0. The first-order valence-electron chi connectivity index (χ1n) is 7.80. The first-order valence-corrected chi connectivity index (χ1v) is 7.80.